The molecule has 0 unspecified atom stereocenters. The number of rotatable bonds is 5. The third kappa shape index (κ3) is 4.31. The molecule has 0 fully saturated rings. The second-order valence-electron chi connectivity index (χ2n) is 7.69. The minimum Gasteiger partial charge on any atom is -0.472 e. The first-order chi connectivity index (χ1) is 14.0. The maximum absolute atomic E-state index is 12.4. The number of carbonyl (C=O) groups excluding carboxylic acids is 1. The predicted octanol–water partition coefficient (Wildman–Crippen LogP) is 4.13. The van der Waals surface area contributed by atoms with E-state index in [2.05, 4.69) is 35.3 Å². The van der Waals surface area contributed by atoms with E-state index < -0.39 is 0 Å². The smallest absolute Gasteiger partial charge is 0.226 e. The van der Waals surface area contributed by atoms with E-state index in [1.807, 2.05) is 19.9 Å². The van der Waals surface area contributed by atoms with Crippen molar-refractivity contribution in [3.8, 4) is 0 Å². The van der Waals surface area contributed by atoms with Crippen LogP contribution in [0.4, 0.5) is 11.6 Å². The van der Waals surface area contributed by atoms with Gasteiger partial charge in [0.05, 0.1) is 29.6 Å². The SMILES string of the molecule is Cc1ccc2c(c1)CN(c1nc(C)c(NC(=O)CCc3ccoc3)c(C)n1)CC2. The van der Waals surface area contributed by atoms with Gasteiger partial charge < -0.3 is 14.6 Å². The number of hydrogen-bond acceptors (Lipinski definition) is 5. The van der Waals surface area contributed by atoms with Crippen molar-refractivity contribution in [3.63, 3.8) is 0 Å². The van der Waals surface area contributed by atoms with Gasteiger partial charge in [-0.3, -0.25) is 4.79 Å². The molecule has 150 valence electrons. The molecule has 4 rings (SSSR count). The Kier molecular flexibility index (Phi) is 5.34. The number of aromatic nitrogens is 2. The summed E-state index contributed by atoms with van der Waals surface area (Å²) in [6.45, 7) is 7.67. The third-order valence-electron chi connectivity index (χ3n) is 5.40. The van der Waals surface area contributed by atoms with Gasteiger partial charge >= 0.3 is 0 Å². The molecule has 0 radical (unpaired) electrons. The van der Waals surface area contributed by atoms with Crippen molar-refractivity contribution in [3.05, 3.63) is 70.4 Å². The maximum Gasteiger partial charge on any atom is 0.226 e. The topological polar surface area (TPSA) is 71.3 Å². The molecule has 6 heteroatoms. The van der Waals surface area contributed by atoms with Crippen molar-refractivity contribution in [1.29, 1.82) is 0 Å². The summed E-state index contributed by atoms with van der Waals surface area (Å²) in [7, 11) is 0. The molecule has 0 spiro atoms. The third-order valence-corrected chi connectivity index (χ3v) is 5.40. The monoisotopic (exact) mass is 390 g/mol. The molecular weight excluding hydrogens is 364 g/mol. The Morgan fingerprint density at radius 3 is 2.66 bits per heavy atom. The number of nitrogens with zero attached hydrogens (tertiary/aromatic N) is 3. The van der Waals surface area contributed by atoms with Crippen LogP contribution in [0.2, 0.25) is 0 Å². The van der Waals surface area contributed by atoms with Gasteiger partial charge in [0, 0.05) is 19.5 Å². The molecule has 1 aromatic carbocycles. The van der Waals surface area contributed by atoms with Crippen molar-refractivity contribution < 1.29 is 9.21 Å². The van der Waals surface area contributed by atoms with Gasteiger partial charge in [-0.05, 0) is 56.4 Å². The van der Waals surface area contributed by atoms with Gasteiger partial charge in [-0.2, -0.15) is 0 Å². The van der Waals surface area contributed by atoms with Crippen molar-refractivity contribution in [2.45, 2.75) is 46.6 Å². The van der Waals surface area contributed by atoms with Gasteiger partial charge in [0.2, 0.25) is 11.9 Å². The Labute approximate surface area is 171 Å². The number of benzene rings is 1. The van der Waals surface area contributed by atoms with Crippen molar-refractivity contribution in [1.82, 2.24) is 9.97 Å². The molecule has 0 bridgehead atoms. The summed E-state index contributed by atoms with van der Waals surface area (Å²) in [5, 5.41) is 2.98. The van der Waals surface area contributed by atoms with Crippen LogP contribution >= 0.6 is 0 Å². The highest BCUT2D eigenvalue weighted by atomic mass is 16.3. The van der Waals surface area contributed by atoms with E-state index in [0.29, 0.717) is 18.5 Å². The van der Waals surface area contributed by atoms with Gasteiger partial charge in [-0.1, -0.05) is 23.8 Å². The van der Waals surface area contributed by atoms with Gasteiger partial charge in [-0.25, -0.2) is 9.97 Å². The summed E-state index contributed by atoms with van der Waals surface area (Å²) in [5.41, 5.74) is 7.32. The van der Waals surface area contributed by atoms with Crippen molar-refractivity contribution >= 4 is 17.5 Å². The second-order valence-corrected chi connectivity index (χ2v) is 7.69. The Morgan fingerprint density at radius 1 is 1.14 bits per heavy atom. The average Bonchev–Trinajstić information content (AvgIpc) is 3.22. The maximum atomic E-state index is 12.4. The zero-order valence-electron chi connectivity index (χ0n) is 17.2. The van der Waals surface area contributed by atoms with E-state index in [-0.39, 0.29) is 5.91 Å². The Morgan fingerprint density at radius 2 is 1.93 bits per heavy atom. The minimum atomic E-state index is -0.0453. The first-order valence-electron chi connectivity index (χ1n) is 9.99. The Balaban J connectivity index is 1.46. The molecule has 3 heterocycles. The Bertz CT molecular complexity index is 1000. The normalized spacial score (nSPS) is 13.3. The van der Waals surface area contributed by atoms with Crippen LogP contribution in [0.1, 0.15) is 40.1 Å². The fraction of sp³-hybridized carbons (Fsp3) is 0.348. The molecule has 0 saturated heterocycles. The predicted molar refractivity (Wildman–Crippen MR) is 113 cm³/mol. The van der Waals surface area contributed by atoms with Crippen molar-refractivity contribution in [2.24, 2.45) is 0 Å². The van der Waals surface area contributed by atoms with Crippen LogP contribution in [0.5, 0.6) is 0 Å². The summed E-state index contributed by atoms with van der Waals surface area (Å²) in [4.78, 5) is 24.0. The van der Waals surface area contributed by atoms with Crippen LogP contribution in [0.15, 0.2) is 41.2 Å². The largest absolute Gasteiger partial charge is 0.472 e. The van der Waals surface area contributed by atoms with E-state index in [1.54, 1.807) is 12.5 Å². The van der Waals surface area contributed by atoms with Gasteiger partial charge in [0.25, 0.3) is 0 Å². The van der Waals surface area contributed by atoms with Gasteiger partial charge in [0.15, 0.2) is 0 Å². The number of furan rings is 1. The molecule has 6 nitrogen and oxygen atoms in total. The quantitative estimate of drug-likeness (QED) is 0.709. The number of carbonyl (C=O) groups is 1. The fourth-order valence-electron chi connectivity index (χ4n) is 3.77. The molecule has 2 aromatic heterocycles. The van der Waals surface area contributed by atoms with Crippen LogP contribution in [-0.4, -0.2) is 22.4 Å². The molecule has 0 saturated carbocycles. The van der Waals surface area contributed by atoms with E-state index in [4.69, 9.17) is 14.4 Å². The minimum absolute atomic E-state index is 0.0453. The lowest BCUT2D eigenvalue weighted by Crippen LogP contribution is -2.32. The first-order valence-corrected chi connectivity index (χ1v) is 9.99. The van der Waals surface area contributed by atoms with Crippen LogP contribution in [0, 0.1) is 20.8 Å². The zero-order chi connectivity index (χ0) is 20.4. The number of aryl methyl sites for hydroxylation is 4. The molecule has 3 aromatic rings. The lowest BCUT2D eigenvalue weighted by molar-refractivity contribution is -0.116. The standard InChI is InChI=1S/C23H26N4O2/c1-15-4-6-19-8-10-27(13-20(19)12-15)23-24-16(2)22(17(3)25-23)26-21(28)7-5-18-9-11-29-14-18/h4,6,9,11-12,14H,5,7-8,10,13H2,1-3H3,(H,26,28). The molecular formula is C23H26N4O2. The second kappa shape index (κ2) is 8.07. The summed E-state index contributed by atoms with van der Waals surface area (Å²) in [6.07, 6.45) is 5.31. The Hall–Kier alpha value is -3.15. The van der Waals surface area contributed by atoms with Gasteiger partial charge in [-0.15, -0.1) is 0 Å². The van der Waals surface area contributed by atoms with E-state index in [0.717, 1.165) is 42.4 Å². The van der Waals surface area contributed by atoms with Crippen molar-refractivity contribution in [2.75, 3.05) is 16.8 Å². The molecule has 0 aliphatic carbocycles. The van der Waals surface area contributed by atoms with Crippen LogP contribution in [-0.2, 0) is 24.2 Å². The average molecular weight is 390 g/mol. The highest BCUT2D eigenvalue weighted by molar-refractivity contribution is 5.92. The van der Waals surface area contributed by atoms with Crippen LogP contribution in [0.3, 0.4) is 0 Å². The summed E-state index contributed by atoms with van der Waals surface area (Å²) in [6, 6.07) is 8.51. The number of anilines is 2. The molecule has 1 aliphatic heterocycles. The molecule has 1 N–H and O–H groups in total. The van der Waals surface area contributed by atoms with E-state index in [1.165, 1.54) is 16.7 Å². The summed E-state index contributed by atoms with van der Waals surface area (Å²) in [5.74, 6) is 0.680. The van der Waals surface area contributed by atoms with E-state index >= 15 is 0 Å². The molecule has 1 aliphatic rings. The number of hydrogen-bond donors (Lipinski definition) is 1. The number of nitrogens with one attached hydrogen (secondary N) is 1. The van der Waals surface area contributed by atoms with Crippen LogP contribution < -0.4 is 10.2 Å². The molecule has 1 amide bonds. The molecule has 29 heavy (non-hydrogen) atoms. The first kappa shape index (κ1) is 19.2. The lowest BCUT2D eigenvalue weighted by atomic mass is 9.98. The number of fused-ring (bicyclic) bond motifs is 1. The fourth-order valence-corrected chi connectivity index (χ4v) is 3.77. The zero-order valence-corrected chi connectivity index (χ0v) is 17.2. The summed E-state index contributed by atoms with van der Waals surface area (Å²) >= 11 is 0. The lowest BCUT2D eigenvalue weighted by Gasteiger charge is -2.30. The van der Waals surface area contributed by atoms with Crippen LogP contribution in [0.25, 0.3) is 0 Å². The van der Waals surface area contributed by atoms with E-state index in [9.17, 15) is 4.79 Å². The highest BCUT2D eigenvalue weighted by Gasteiger charge is 2.20. The number of amides is 1. The summed E-state index contributed by atoms with van der Waals surface area (Å²) < 4.78 is 5.05. The molecule has 0 atom stereocenters. The highest BCUT2D eigenvalue weighted by Crippen LogP contribution is 2.26. The van der Waals surface area contributed by atoms with Gasteiger partial charge in [0.1, 0.15) is 0 Å².